The number of likely N-dealkylation sites (tertiary alicyclic amines) is 1. The van der Waals surface area contributed by atoms with Crippen molar-refractivity contribution in [2.45, 2.75) is 51.7 Å². The van der Waals surface area contributed by atoms with Gasteiger partial charge in [0.25, 0.3) is 0 Å². The number of hydrogen-bond donors (Lipinski definition) is 0. The van der Waals surface area contributed by atoms with Gasteiger partial charge in [0.05, 0.1) is 10.7 Å². The molecule has 0 atom stereocenters. The quantitative estimate of drug-likeness (QED) is 0.517. The van der Waals surface area contributed by atoms with Gasteiger partial charge in [-0.2, -0.15) is 0 Å². The van der Waals surface area contributed by atoms with E-state index >= 15 is 0 Å². The van der Waals surface area contributed by atoms with Crippen molar-refractivity contribution in [3.05, 3.63) is 64.9 Å². The first-order valence-corrected chi connectivity index (χ1v) is 11.5. The Morgan fingerprint density at radius 1 is 1.13 bits per heavy atom. The van der Waals surface area contributed by atoms with Gasteiger partial charge in [0.2, 0.25) is 0 Å². The predicted molar refractivity (Wildman–Crippen MR) is 122 cm³/mol. The Labute approximate surface area is 187 Å². The third-order valence-electron chi connectivity index (χ3n) is 5.19. The summed E-state index contributed by atoms with van der Waals surface area (Å²) in [5.74, 6) is 1.22. The zero-order valence-corrected chi connectivity index (χ0v) is 19.1. The highest BCUT2D eigenvalue weighted by Crippen LogP contribution is 2.31. The maximum atomic E-state index is 12.2. The van der Waals surface area contributed by atoms with Crippen molar-refractivity contribution in [3.8, 4) is 11.4 Å². The molecule has 7 heteroatoms. The molecule has 0 bridgehead atoms. The summed E-state index contributed by atoms with van der Waals surface area (Å²) in [5.41, 5.74) is 1.59. The van der Waals surface area contributed by atoms with Crippen LogP contribution in [0.15, 0.2) is 54.2 Å². The van der Waals surface area contributed by atoms with Crippen LogP contribution in [-0.2, 0) is 11.3 Å². The number of benzene rings is 1. The smallest absolute Gasteiger partial charge is 0.410 e. The van der Waals surface area contributed by atoms with Gasteiger partial charge >= 0.3 is 6.09 Å². The molecule has 31 heavy (non-hydrogen) atoms. The molecule has 0 radical (unpaired) electrons. The molecular formula is C24H29N3O3S. The summed E-state index contributed by atoms with van der Waals surface area (Å²) < 4.78 is 13.5. The number of carbonyl (C=O) groups is 1. The molecule has 1 aliphatic heterocycles. The van der Waals surface area contributed by atoms with Gasteiger partial charge in [-0.3, -0.25) is 0 Å². The second kappa shape index (κ2) is 9.14. The summed E-state index contributed by atoms with van der Waals surface area (Å²) in [6.45, 7) is 7.56. The Morgan fingerprint density at radius 3 is 2.45 bits per heavy atom. The molecule has 1 fully saturated rings. The fourth-order valence-electron chi connectivity index (χ4n) is 3.59. The van der Waals surface area contributed by atoms with E-state index in [-0.39, 0.29) is 6.09 Å². The van der Waals surface area contributed by atoms with Crippen molar-refractivity contribution in [2.75, 3.05) is 13.1 Å². The van der Waals surface area contributed by atoms with Gasteiger partial charge in [-0.25, -0.2) is 9.78 Å². The Bertz CT molecular complexity index is 982. The Balaban J connectivity index is 1.27. The van der Waals surface area contributed by atoms with Crippen molar-refractivity contribution >= 4 is 17.4 Å². The third kappa shape index (κ3) is 5.67. The first-order valence-electron chi connectivity index (χ1n) is 10.7. The van der Waals surface area contributed by atoms with Crippen LogP contribution in [0.5, 0.6) is 5.75 Å². The maximum Gasteiger partial charge on any atom is 0.410 e. The zero-order chi connectivity index (χ0) is 21.8. The summed E-state index contributed by atoms with van der Waals surface area (Å²) in [6.07, 6.45) is 5.64. The minimum absolute atomic E-state index is 0.220. The fraction of sp³-hybridized carbons (Fsp3) is 0.417. The second-order valence-electron chi connectivity index (χ2n) is 8.79. The standard InChI is InChI=1S/C24H29N3O3S/c1-24(2,3)30-23(28)27-14-10-18(11-15-27)22-25-19(17-31-22)16-29-21-8-6-20(7-9-21)26-12-4-5-13-26/h4-9,12-13,17-18H,10-11,14-16H2,1-3H3. The molecule has 1 amide bonds. The van der Waals surface area contributed by atoms with Crippen LogP contribution in [0.4, 0.5) is 4.79 Å². The SMILES string of the molecule is CC(C)(C)OC(=O)N1CCC(c2nc(COc3ccc(-n4cccc4)cc3)cs2)CC1. The van der Waals surface area contributed by atoms with Gasteiger partial charge in [-0.15, -0.1) is 11.3 Å². The lowest BCUT2D eigenvalue weighted by Crippen LogP contribution is -2.41. The Kier molecular flexibility index (Phi) is 6.32. The molecule has 4 rings (SSSR count). The first kappa shape index (κ1) is 21.4. The fourth-order valence-corrected chi connectivity index (χ4v) is 4.57. The zero-order valence-electron chi connectivity index (χ0n) is 18.3. The van der Waals surface area contributed by atoms with Crippen molar-refractivity contribution < 1.29 is 14.3 Å². The molecule has 6 nitrogen and oxygen atoms in total. The highest BCUT2D eigenvalue weighted by Gasteiger charge is 2.28. The van der Waals surface area contributed by atoms with E-state index in [2.05, 4.69) is 9.95 Å². The lowest BCUT2D eigenvalue weighted by molar-refractivity contribution is 0.0205. The monoisotopic (exact) mass is 439 g/mol. The predicted octanol–water partition coefficient (Wildman–Crippen LogP) is 5.63. The number of hydrogen-bond acceptors (Lipinski definition) is 5. The number of ether oxygens (including phenoxy) is 2. The van der Waals surface area contributed by atoms with Gasteiger partial charge in [-0.05, 0) is 70.0 Å². The largest absolute Gasteiger partial charge is 0.487 e. The summed E-state index contributed by atoms with van der Waals surface area (Å²) in [5, 5.41) is 3.20. The highest BCUT2D eigenvalue weighted by atomic mass is 32.1. The number of amides is 1. The lowest BCUT2D eigenvalue weighted by Gasteiger charge is -2.32. The third-order valence-corrected chi connectivity index (χ3v) is 6.25. The molecule has 3 heterocycles. The summed E-state index contributed by atoms with van der Waals surface area (Å²) in [4.78, 5) is 18.8. The van der Waals surface area contributed by atoms with Crippen LogP contribution in [0.1, 0.15) is 50.2 Å². The van der Waals surface area contributed by atoms with Crippen molar-refractivity contribution in [2.24, 2.45) is 0 Å². The topological polar surface area (TPSA) is 56.6 Å². The number of piperidine rings is 1. The number of rotatable bonds is 5. The van der Waals surface area contributed by atoms with Crippen molar-refractivity contribution in [1.82, 2.24) is 14.5 Å². The van der Waals surface area contributed by atoms with Gasteiger partial charge in [0, 0.05) is 42.5 Å². The average Bonchev–Trinajstić information content (AvgIpc) is 3.44. The molecule has 0 saturated carbocycles. The minimum Gasteiger partial charge on any atom is -0.487 e. The van der Waals surface area contributed by atoms with Crippen LogP contribution in [0, 0.1) is 0 Å². The van der Waals surface area contributed by atoms with E-state index in [1.165, 1.54) is 0 Å². The molecule has 0 aliphatic carbocycles. The van der Waals surface area contributed by atoms with Crippen LogP contribution in [0.3, 0.4) is 0 Å². The lowest BCUT2D eigenvalue weighted by atomic mass is 9.98. The van der Waals surface area contributed by atoms with Gasteiger partial charge in [0.1, 0.15) is 18.0 Å². The molecule has 0 N–H and O–H groups in total. The van der Waals surface area contributed by atoms with Crippen molar-refractivity contribution in [3.63, 3.8) is 0 Å². The highest BCUT2D eigenvalue weighted by molar-refractivity contribution is 7.09. The van der Waals surface area contributed by atoms with Crippen LogP contribution >= 0.6 is 11.3 Å². The molecule has 1 aromatic carbocycles. The average molecular weight is 440 g/mol. The molecule has 0 spiro atoms. The Morgan fingerprint density at radius 2 is 1.81 bits per heavy atom. The molecule has 1 aliphatic rings. The summed E-state index contributed by atoms with van der Waals surface area (Å²) in [7, 11) is 0. The van der Waals surface area contributed by atoms with Crippen LogP contribution in [0.2, 0.25) is 0 Å². The van der Waals surface area contributed by atoms with E-state index in [1.807, 2.05) is 69.6 Å². The minimum atomic E-state index is -0.458. The van der Waals surface area contributed by atoms with Gasteiger partial charge in [-0.1, -0.05) is 0 Å². The molecule has 2 aromatic heterocycles. The number of thiazole rings is 1. The second-order valence-corrected chi connectivity index (χ2v) is 9.68. The van der Waals surface area contributed by atoms with E-state index in [9.17, 15) is 4.79 Å². The maximum absolute atomic E-state index is 12.2. The van der Waals surface area contributed by atoms with E-state index in [1.54, 1.807) is 16.2 Å². The molecule has 3 aromatic rings. The summed E-state index contributed by atoms with van der Waals surface area (Å²) in [6, 6.07) is 12.1. The molecule has 1 saturated heterocycles. The molecule has 0 unspecified atom stereocenters. The number of aromatic nitrogens is 2. The normalized spacial score (nSPS) is 15.1. The van der Waals surface area contributed by atoms with E-state index in [4.69, 9.17) is 14.5 Å². The Hall–Kier alpha value is -2.80. The van der Waals surface area contributed by atoms with Crippen LogP contribution in [0.25, 0.3) is 5.69 Å². The van der Waals surface area contributed by atoms with Gasteiger partial charge in [0.15, 0.2) is 0 Å². The number of carbonyl (C=O) groups excluding carboxylic acids is 1. The first-order chi connectivity index (χ1) is 14.9. The van der Waals surface area contributed by atoms with E-state index < -0.39 is 5.60 Å². The number of nitrogens with zero attached hydrogens (tertiary/aromatic N) is 3. The van der Waals surface area contributed by atoms with Gasteiger partial charge < -0.3 is 18.9 Å². The summed E-state index contributed by atoms with van der Waals surface area (Å²) >= 11 is 1.68. The molecular weight excluding hydrogens is 410 g/mol. The van der Waals surface area contributed by atoms with Crippen LogP contribution in [-0.4, -0.2) is 39.2 Å². The molecule has 164 valence electrons. The van der Waals surface area contributed by atoms with E-state index in [0.717, 1.165) is 35.0 Å². The van der Waals surface area contributed by atoms with Crippen molar-refractivity contribution in [1.29, 1.82) is 0 Å². The van der Waals surface area contributed by atoms with E-state index in [0.29, 0.717) is 25.6 Å². The van der Waals surface area contributed by atoms with Crippen LogP contribution < -0.4 is 4.74 Å².